The molecular weight excluding hydrogens is 639 g/mol. The third-order valence-electron chi connectivity index (χ3n) is 11.0. The largest absolute Gasteiger partial charge is 0.496 e. The third-order valence-corrected chi connectivity index (χ3v) is 11.0. The Morgan fingerprint density at radius 1 is 0.434 bits per heavy atom. The quantitative estimate of drug-likeness (QED) is 0.103. The summed E-state index contributed by atoms with van der Waals surface area (Å²) >= 11 is 0. The van der Waals surface area contributed by atoms with Crippen molar-refractivity contribution >= 4 is 28.7 Å². The second kappa shape index (κ2) is 16.2. The maximum atomic E-state index is 6.17. The molecule has 0 amide bonds. The van der Waals surface area contributed by atoms with Crippen LogP contribution in [-0.2, 0) is 0 Å². The van der Waals surface area contributed by atoms with Crippen molar-refractivity contribution in [1.29, 1.82) is 0 Å². The van der Waals surface area contributed by atoms with Gasteiger partial charge in [-0.15, -0.1) is 0 Å². The zero-order valence-electron chi connectivity index (χ0n) is 30.5. The van der Waals surface area contributed by atoms with E-state index < -0.39 is 0 Å². The van der Waals surface area contributed by atoms with Gasteiger partial charge in [-0.2, -0.15) is 0 Å². The molecule has 1 saturated carbocycles. The first-order chi connectivity index (χ1) is 26.3. The van der Waals surface area contributed by atoms with Gasteiger partial charge < -0.3 is 4.74 Å². The van der Waals surface area contributed by atoms with Gasteiger partial charge >= 0.3 is 0 Å². The Kier molecular flexibility index (Phi) is 10.5. The highest BCUT2D eigenvalue weighted by molar-refractivity contribution is 7.00. The van der Waals surface area contributed by atoms with Gasteiger partial charge in [-0.1, -0.05) is 218 Å². The first kappa shape index (κ1) is 34.2. The minimum absolute atomic E-state index is 0.0194. The summed E-state index contributed by atoms with van der Waals surface area (Å²) in [6, 6.07) is 68.8. The zero-order chi connectivity index (χ0) is 35.8. The zero-order valence-corrected chi connectivity index (χ0v) is 30.5. The molecule has 2 heteroatoms. The van der Waals surface area contributed by atoms with E-state index in [1.807, 2.05) is 7.11 Å². The molecule has 0 radical (unpaired) electrons. The summed E-state index contributed by atoms with van der Waals surface area (Å²) < 4.78 is 6.17. The van der Waals surface area contributed by atoms with Crippen LogP contribution < -0.4 is 15.7 Å². The van der Waals surface area contributed by atoms with Crippen LogP contribution in [0.2, 0.25) is 0 Å². The van der Waals surface area contributed by atoms with Crippen molar-refractivity contribution in [3.63, 3.8) is 0 Å². The Morgan fingerprint density at radius 2 is 0.830 bits per heavy atom. The van der Waals surface area contributed by atoms with E-state index in [4.69, 9.17) is 4.74 Å². The Labute approximate surface area is 315 Å². The summed E-state index contributed by atoms with van der Waals surface area (Å²) in [6.07, 6.45) is 6.12. The van der Waals surface area contributed by atoms with Crippen LogP contribution in [-0.4, -0.2) is 13.8 Å². The van der Waals surface area contributed by atoms with Crippen molar-refractivity contribution < 1.29 is 4.74 Å². The normalized spacial score (nSPS) is 13.6. The molecule has 7 aromatic carbocycles. The number of para-hydroxylation sites is 1. The van der Waals surface area contributed by atoms with Crippen LogP contribution >= 0.6 is 0 Å². The van der Waals surface area contributed by atoms with Crippen LogP contribution in [0.3, 0.4) is 0 Å². The molecule has 1 aliphatic carbocycles. The van der Waals surface area contributed by atoms with Crippen molar-refractivity contribution in [3.05, 3.63) is 199 Å². The van der Waals surface area contributed by atoms with Crippen molar-refractivity contribution in [1.82, 2.24) is 0 Å². The van der Waals surface area contributed by atoms with Crippen molar-refractivity contribution in [3.8, 4) is 39.1 Å². The number of methoxy groups -OCH3 is 1. The van der Waals surface area contributed by atoms with Gasteiger partial charge in [0.25, 0.3) is 0 Å². The molecular formula is C51H45BO. The van der Waals surface area contributed by atoms with Crippen LogP contribution in [0.15, 0.2) is 188 Å². The summed E-state index contributed by atoms with van der Waals surface area (Å²) in [4.78, 5) is 0. The number of rotatable bonds is 10. The van der Waals surface area contributed by atoms with Crippen LogP contribution in [0.1, 0.15) is 43.2 Å². The maximum Gasteiger partial charge on any atom is 0.242 e. The van der Waals surface area contributed by atoms with Gasteiger partial charge in [-0.3, -0.25) is 0 Å². The second-order valence-corrected chi connectivity index (χ2v) is 14.2. The van der Waals surface area contributed by atoms with Crippen LogP contribution in [0.25, 0.3) is 44.4 Å². The molecule has 0 saturated heterocycles. The van der Waals surface area contributed by atoms with E-state index in [-0.39, 0.29) is 6.71 Å². The molecule has 0 aromatic heterocycles. The average molecular weight is 685 g/mol. The fourth-order valence-corrected chi connectivity index (χ4v) is 8.32. The van der Waals surface area contributed by atoms with E-state index in [1.165, 1.54) is 98.6 Å². The number of hydrogen-bond acceptors (Lipinski definition) is 1. The molecule has 1 aliphatic rings. The maximum absolute atomic E-state index is 6.17. The van der Waals surface area contributed by atoms with Gasteiger partial charge in [-0.25, -0.2) is 0 Å². The van der Waals surface area contributed by atoms with Gasteiger partial charge in [0.05, 0.1) is 7.11 Å². The highest BCUT2D eigenvalue weighted by Crippen LogP contribution is 2.44. The molecule has 258 valence electrons. The van der Waals surface area contributed by atoms with Gasteiger partial charge in [0.1, 0.15) is 5.75 Å². The predicted octanol–water partition coefficient (Wildman–Crippen LogP) is 12.0. The molecule has 0 unspecified atom stereocenters. The SMILES string of the molecule is COc1ccccc1/C(=C(\B(c1ccc(-c2ccccc2)cc1)c1ccc(-c2ccccc2)cc1)c1ccc(-c2ccccc2)cc1)C1CCCCC1. The van der Waals surface area contributed by atoms with E-state index in [9.17, 15) is 0 Å². The van der Waals surface area contributed by atoms with E-state index in [0.717, 1.165) is 5.75 Å². The number of ether oxygens (including phenoxy) is 1. The molecule has 53 heavy (non-hydrogen) atoms. The van der Waals surface area contributed by atoms with E-state index >= 15 is 0 Å². The van der Waals surface area contributed by atoms with Crippen molar-refractivity contribution in [2.24, 2.45) is 5.92 Å². The Hall–Kier alpha value is -5.86. The minimum Gasteiger partial charge on any atom is -0.496 e. The predicted molar refractivity (Wildman–Crippen MR) is 227 cm³/mol. The van der Waals surface area contributed by atoms with Crippen LogP contribution in [0, 0.1) is 5.92 Å². The summed E-state index contributed by atoms with van der Waals surface area (Å²) in [7, 11) is 1.81. The molecule has 0 spiro atoms. The summed E-state index contributed by atoms with van der Waals surface area (Å²) in [5, 5.41) is 0. The van der Waals surface area contributed by atoms with E-state index in [1.54, 1.807) is 0 Å². The Bertz CT molecular complexity index is 2170. The van der Waals surface area contributed by atoms with Gasteiger partial charge in [0.2, 0.25) is 6.71 Å². The highest BCUT2D eigenvalue weighted by atomic mass is 16.5. The number of benzene rings is 7. The van der Waals surface area contributed by atoms with Gasteiger partial charge in [-0.05, 0) is 69.3 Å². The monoisotopic (exact) mass is 684 g/mol. The van der Waals surface area contributed by atoms with Crippen molar-refractivity contribution in [2.45, 2.75) is 32.1 Å². The summed E-state index contributed by atoms with van der Waals surface area (Å²) in [5.41, 5.74) is 15.2. The molecule has 1 nitrogen and oxygen atoms in total. The lowest BCUT2D eigenvalue weighted by Crippen LogP contribution is -2.44. The molecule has 7 aromatic rings. The molecule has 1 fully saturated rings. The molecule has 0 heterocycles. The molecule has 8 rings (SSSR count). The molecule has 0 N–H and O–H groups in total. The fraction of sp³-hybridized carbons (Fsp3) is 0.137. The number of allylic oxidation sites excluding steroid dienone is 1. The van der Waals surface area contributed by atoms with Crippen LogP contribution in [0.4, 0.5) is 0 Å². The summed E-state index contributed by atoms with van der Waals surface area (Å²) in [5.74, 6) is 1.35. The van der Waals surface area contributed by atoms with E-state index in [0.29, 0.717) is 5.92 Å². The van der Waals surface area contributed by atoms with Crippen molar-refractivity contribution in [2.75, 3.05) is 7.11 Å². The Balaban J connectivity index is 1.39. The first-order valence-corrected chi connectivity index (χ1v) is 19.1. The first-order valence-electron chi connectivity index (χ1n) is 19.1. The lowest BCUT2D eigenvalue weighted by atomic mass is 9.34. The molecule has 0 aliphatic heterocycles. The molecule has 0 atom stereocenters. The summed E-state index contributed by atoms with van der Waals surface area (Å²) in [6.45, 7) is -0.0194. The lowest BCUT2D eigenvalue weighted by Gasteiger charge is -2.32. The third kappa shape index (κ3) is 7.55. The average Bonchev–Trinajstić information content (AvgIpc) is 3.25. The van der Waals surface area contributed by atoms with Gasteiger partial charge in [0.15, 0.2) is 0 Å². The van der Waals surface area contributed by atoms with Crippen LogP contribution in [0.5, 0.6) is 5.75 Å². The smallest absolute Gasteiger partial charge is 0.242 e. The van der Waals surface area contributed by atoms with E-state index in [2.05, 4.69) is 188 Å². The van der Waals surface area contributed by atoms with Gasteiger partial charge in [0, 0.05) is 5.56 Å². The standard InChI is InChI=1S/C51H45BO/c1-53-49-25-15-14-24-48(49)50(44-22-12-5-13-23-44)51(45-28-26-41(27-29-45)38-16-6-2-7-17-38)52(46-34-30-42(31-35-46)39-18-8-3-9-19-39)47-36-32-43(33-37-47)40-20-10-4-11-21-40/h2-4,6-11,14-21,24-37,44H,5,12-13,22-23H2,1H3/b51-50-. The minimum atomic E-state index is -0.0194. The second-order valence-electron chi connectivity index (χ2n) is 14.2. The lowest BCUT2D eigenvalue weighted by molar-refractivity contribution is 0.407. The fourth-order valence-electron chi connectivity index (χ4n) is 8.32. The topological polar surface area (TPSA) is 9.23 Å². The number of hydrogen-bond donors (Lipinski definition) is 0. The Morgan fingerprint density at radius 3 is 1.28 bits per heavy atom. The highest BCUT2D eigenvalue weighted by Gasteiger charge is 2.33. The molecule has 0 bridgehead atoms.